The van der Waals surface area contributed by atoms with E-state index in [0.29, 0.717) is 12.1 Å². The second kappa shape index (κ2) is 5.94. The molecule has 0 saturated heterocycles. The minimum absolute atomic E-state index is 0.356. The van der Waals surface area contributed by atoms with Gasteiger partial charge < -0.3 is 10.1 Å². The second-order valence-electron chi connectivity index (χ2n) is 4.74. The Hall–Kier alpha value is -0.450. The molecule has 0 spiro atoms. The van der Waals surface area contributed by atoms with Crippen molar-refractivity contribution in [3.05, 3.63) is 16.1 Å². The maximum Gasteiger partial charge on any atom is 0.0944 e. The molecular weight excluding hydrogens is 232 g/mol. The molecule has 96 valence electrons. The smallest absolute Gasteiger partial charge is 0.0944 e. The zero-order valence-corrected chi connectivity index (χ0v) is 11.7. The molecule has 0 amide bonds. The van der Waals surface area contributed by atoms with Crippen molar-refractivity contribution < 1.29 is 4.74 Å². The largest absolute Gasteiger partial charge is 0.377 e. The van der Waals surface area contributed by atoms with E-state index in [9.17, 15) is 0 Å². The van der Waals surface area contributed by atoms with E-state index in [1.54, 1.807) is 11.3 Å². The maximum atomic E-state index is 5.91. The summed E-state index contributed by atoms with van der Waals surface area (Å²) in [5, 5.41) is 6.74. The lowest BCUT2D eigenvalue weighted by Crippen LogP contribution is -2.42. The van der Waals surface area contributed by atoms with Gasteiger partial charge in [0.05, 0.1) is 11.1 Å². The minimum Gasteiger partial charge on any atom is -0.377 e. The molecule has 1 aromatic heterocycles. The van der Waals surface area contributed by atoms with Gasteiger partial charge in [-0.2, -0.15) is 0 Å². The van der Waals surface area contributed by atoms with Crippen LogP contribution >= 0.6 is 11.3 Å². The van der Waals surface area contributed by atoms with E-state index in [1.807, 2.05) is 7.05 Å². The second-order valence-corrected chi connectivity index (χ2v) is 5.68. The first-order chi connectivity index (χ1) is 8.24. The lowest BCUT2D eigenvalue weighted by atomic mass is 10.0. The van der Waals surface area contributed by atoms with Gasteiger partial charge in [-0.1, -0.05) is 0 Å². The molecule has 0 aromatic carbocycles. The lowest BCUT2D eigenvalue weighted by molar-refractivity contribution is 0.0211. The Morgan fingerprint density at radius 1 is 1.59 bits per heavy atom. The van der Waals surface area contributed by atoms with Gasteiger partial charge in [-0.25, -0.2) is 4.98 Å². The van der Waals surface area contributed by atoms with Crippen molar-refractivity contribution in [3.63, 3.8) is 0 Å². The quantitative estimate of drug-likeness (QED) is 0.811. The van der Waals surface area contributed by atoms with Crippen LogP contribution in [-0.4, -0.2) is 30.8 Å². The molecular formula is C13H22N2OS. The van der Waals surface area contributed by atoms with Gasteiger partial charge >= 0.3 is 0 Å². The van der Waals surface area contributed by atoms with Gasteiger partial charge in [0.2, 0.25) is 0 Å². The summed E-state index contributed by atoms with van der Waals surface area (Å²) in [4.78, 5) is 4.54. The van der Waals surface area contributed by atoms with Gasteiger partial charge in [0.25, 0.3) is 0 Å². The van der Waals surface area contributed by atoms with E-state index in [1.165, 1.54) is 17.8 Å². The summed E-state index contributed by atoms with van der Waals surface area (Å²) >= 11 is 1.75. The van der Waals surface area contributed by atoms with Crippen molar-refractivity contribution in [1.29, 1.82) is 0 Å². The monoisotopic (exact) mass is 254 g/mol. The number of aromatic nitrogens is 1. The molecule has 1 heterocycles. The predicted octanol–water partition coefficient (Wildman–Crippen LogP) is 2.40. The Morgan fingerprint density at radius 3 is 2.82 bits per heavy atom. The van der Waals surface area contributed by atoms with E-state index in [-0.39, 0.29) is 0 Å². The normalized spacial score (nSPS) is 19.2. The molecule has 1 aromatic rings. The van der Waals surface area contributed by atoms with Crippen LogP contribution in [0, 0.1) is 12.8 Å². The van der Waals surface area contributed by atoms with Gasteiger partial charge in [0.15, 0.2) is 0 Å². The molecule has 0 bridgehead atoms. The van der Waals surface area contributed by atoms with Crippen LogP contribution in [0.4, 0.5) is 0 Å². The SMILES string of the molecule is CCOC(C1CC1)C(Cc1nc(C)cs1)NC. The molecule has 2 rings (SSSR count). The molecule has 0 aliphatic heterocycles. The third kappa shape index (κ3) is 3.50. The average Bonchev–Trinajstić information content (AvgIpc) is 3.07. The van der Waals surface area contributed by atoms with E-state index in [0.717, 1.165) is 24.6 Å². The summed E-state index contributed by atoms with van der Waals surface area (Å²) in [6.07, 6.45) is 3.98. The molecule has 1 fully saturated rings. The molecule has 3 nitrogen and oxygen atoms in total. The fourth-order valence-electron chi connectivity index (χ4n) is 2.27. The highest BCUT2D eigenvalue weighted by Gasteiger charge is 2.36. The minimum atomic E-state index is 0.356. The molecule has 1 aliphatic carbocycles. The standard InChI is InChI=1S/C13H22N2OS/c1-4-16-13(10-5-6-10)11(14-3)7-12-15-9(2)8-17-12/h8,10-11,13-14H,4-7H2,1-3H3. The molecule has 2 unspecified atom stereocenters. The third-order valence-electron chi connectivity index (χ3n) is 3.27. The summed E-state index contributed by atoms with van der Waals surface area (Å²) in [6, 6.07) is 0.396. The van der Waals surface area contributed by atoms with Crippen LogP contribution in [0.2, 0.25) is 0 Å². The van der Waals surface area contributed by atoms with Crippen LogP contribution in [0.5, 0.6) is 0 Å². The highest BCUT2D eigenvalue weighted by atomic mass is 32.1. The number of hydrogen-bond donors (Lipinski definition) is 1. The Labute approximate surface area is 108 Å². The number of rotatable bonds is 7. The van der Waals surface area contributed by atoms with Crippen molar-refractivity contribution in [1.82, 2.24) is 10.3 Å². The van der Waals surface area contributed by atoms with E-state index in [4.69, 9.17) is 4.74 Å². The van der Waals surface area contributed by atoms with Crippen LogP contribution in [0.3, 0.4) is 0 Å². The summed E-state index contributed by atoms with van der Waals surface area (Å²) in [5.74, 6) is 0.758. The van der Waals surface area contributed by atoms with Crippen molar-refractivity contribution in [2.45, 2.75) is 45.3 Å². The number of hydrogen-bond acceptors (Lipinski definition) is 4. The van der Waals surface area contributed by atoms with Crippen LogP contribution in [0.1, 0.15) is 30.5 Å². The first-order valence-corrected chi connectivity index (χ1v) is 7.32. The van der Waals surface area contributed by atoms with Gasteiger partial charge in [-0.15, -0.1) is 11.3 Å². The topological polar surface area (TPSA) is 34.1 Å². The number of thiazole rings is 1. The number of nitrogens with one attached hydrogen (secondary N) is 1. The highest BCUT2D eigenvalue weighted by molar-refractivity contribution is 7.09. The maximum absolute atomic E-state index is 5.91. The molecule has 2 atom stereocenters. The average molecular weight is 254 g/mol. The zero-order valence-electron chi connectivity index (χ0n) is 10.9. The lowest BCUT2D eigenvalue weighted by Gasteiger charge is -2.26. The third-order valence-corrected chi connectivity index (χ3v) is 4.26. The van der Waals surface area contributed by atoms with Gasteiger partial charge in [0, 0.05) is 30.1 Å². The fraction of sp³-hybridized carbons (Fsp3) is 0.769. The summed E-state index contributed by atoms with van der Waals surface area (Å²) in [5.41, 5.74) is 1.12. The van der Waals surface area contributed by atoms with Gasteiger partial charge in [0.1, 0.15) is 0 Å². The molecule has 4 heteroatoms. The molecule has 1 aliphatic rings. The van der Waals surface area contributed by atoms with Crippen molar-refractivity contribution in [2.24, 2.45) is 5.92 Å². The fourth-order valence-corrected chi connectivity index (χ4v) is 3.10. The zero-order chi connectivity index (χ0) is 12.3. The van der Waals surface area contributed by atoms with Crippen molar-refractivity contribution in [2.75, 3.05) is 13.7 Å². The summed E-state index contributed by atoms with van der Waals surface area (Å²) in [7, 11) is 2.03. The molecule has 17 heavy (non-hydrogen) atoms. The molecule has 0 radical (unpaired) electrons. The Kier molecular flexibility index (Phi) is 4.54. The van der Waals surface area contributed by atoms with Gasteiger partial charge in [-0.3, -0.25) is 0 Å². The summed E-state index contributed by atoms with van der Waals surface area (Å²) in [6.45, 7) is 4.93. The van der Waals surface area contributed by atoms with E-state index >= 15 is 0 Å². The first kappa shape index (κ1) is 13.0. The highest BCUT2D eigenvalue weighted by Crippen LogP contribution is 2.36. The van der Waals surface area contributed by atoms with E-state index in [2.05, 4.69) is 29.5 Å². The number of nitrogens with zero attached hydrogens (tertiary/aromatic N) is 1. The number of aryl methyl sites for hydroxylation is 1. The van der Waals surface area contributed by atoms with Crippen LogP contribution in [0.15, 0.2) is 5.38 Å². The Morgan fingerprint density at radius 2 is 2.35 bits per heavy atom. The summed E-state index contributed by atoms with van der Waals surface area (Å²) < 4.78 is 5.91. The molecule has 1 N–H and O–H groups in total. The molecule has 1 saturated carbocycles. The first-order valence-electron chi connectivity index (χ1n) is 6.44. The van der Waals surface area contributed by atoms with Crippen LogP contribution in [-0.2, 0) is 11.2 Å². The van der Waals surface area contributed by atoms with Gasteiger partial charge in [-0.05, 0) is 39.7 Å². The van der Waals surface area contributed by atoms with Crippen LogP contribution < -0.4 is 5.32 Å². The number of likely N-dealkylation sites (N-methyl/N-ethyl adjacent to an activating group) is 1. The predicted molar refractivity (Wildman–Crippen MR) is 71.5 cm³/mol. The van der Waals surface area contributed by atoms with E-state index < -0.39 is 0 Å². The number of ether oxygens (including phenoxy) is 1. The van der Waals surface area contributed by atoms with Crippen molar-refractivity contribution in [3.8, 4) is 0 Å². The Balaban J connectivity index is 1.98. The Bertz CT molecular complexity index is 349. The van der Waals surface area contributed by atoms with Crippen LogP contribution in [0.25, 0.3) is 0 Å². The van der Waals surface area contributed by atoms with Crippen molar-refractivity contribution >= 4 is 11.3 Å².